The van der Waals surface area contributed by atoms with Crippen LogP contribution in [0.4, 0.5) is 0 Å². The number of hydrogen-bond donors (Lipinski definition) is 1. The third-order valence-corrected chi connectivity index (χ3v) is 6.81. The Morgan fingerprint density at radius 1 is 1.09 bits per heavy atom. The van der Waals surface area contributed by atoms with Crippen LogP contribution in [0.15, 0.2) is 71.6 Å². The van der Waals surface area contributed by atoms with Crippen molar-refractivity contribution in [3.8, 4) is 22.9 Å². The van der Waals surface area contributed by atoms with Gasteiger partial charge in [0.25, 0.3) is 0 Å². The largest absolute Gasteiger partial charge is 0.495 e. The average molecular weight is 463 g/mol. The van der Waals surface area contributed by atoms with Crippen molar-refractivity contribution in [2.45, 2.75) is 30.4 Å². The topological polar surface area (TPSA) is 105 Å². The van der Waals surface area contributed by atoms with Crippen molar-refractivity contribution in [3.05, 3.63) is 83.4 Å². The number of nitriles is 1. The highest BCUT2D eigenvalue weighted by Gasteiger charge is 2.30. The fourth-order valence-corrected chi connectivity index (χ4v) is 4.84. The van der Waals surface area contributed by atoms with E-state index in [-0.39, 0.29) is 28.9 Å². The predicted molar refractivity (Wildman–Crippen MR) is 122 cm³/mol. The highest BCUT2D eigenvalue weighted by molar-refractivity contribution is 7.89. The molecule has 0 bridgehead atoms. The number of carbonyl (C=O) groups is 1. The van der Waals surface area contributed by atoms with Gasteiger partial charge >= 0.3 is 5.97 Å². The second kappa shape index (κ2) is 9.45. The highest BCUT2D eigenvalue weighted by atomic mass is 32.2. The minimum absolute atomic E-state index is 0.0213. The lowest BCUT2D eigenvalue weighted by atomic mass is 9.99. The maximum atomic E-state index is 12.6. The predicted octanol–water partition coefficient (Wildman–Crippen LogP) is 4.03. The lowest BCUT2D eigenvalue weighted by Gasteiger charge is -2.12. The van der Waals surface area contributed by atoms with E-state index in [4.69, 9.17) is 9.47 Å². The van der Waals surface area contributed by atoms with E-state index < -0.39 is 16.0 Å². The first-order valence-electron chi connectivity index (χ1n) is 10.4. The van der Waals surface area contributed by atoms with Gasteiger partial charge in [-0.25, -0.2) is 17.9 Å². The fraction of sp³-hybridized carbons (Fsp3) is 0.200. The lowest BCUT2D eigenvalue weighted by Crippen LogP contribution is -2.26. The lowest BCUT2D eigenvalue weighted by molar-refractivity contribution is 0.0472. The zero-order valence-electron chi connectivity index (χ0n) is 17.9. The van der Waals surface area contributed by atoms with Crippen LogP contribution in [-0.4, -0.2) is 27.5 Å². The molecular formula is C25H22N2O5S. The molecule has 8 heteroatoms. The van der Waals surface area contributed by atoms with Crippen molar-refractivity contribution in [3.63, 3.8) is 0 Å². The quantitative estimate of drug-likeness (QED) is 0.507. The molecule has 3 aromatic rings. The Labute approximate surface area is 192 Å². The minimum Gasteiger partial charge on any atom is -0.495 e. The summed E-state index contributed by atoms with van der Waals surface area (Å²) in [5, 5.41) is 9.28. The number of benzene rings is 3. The molecule has 1 fully saturated rings. The Balaban J connectivity index is 1.47. The van der Waals surface area contributed by atoms with Gasteiger partial charge in [-0.2, -0.15) is 5.26 Å². The Morgan fingerprint density at radius 3 is 2.48 bits per heavy atom. The molecule has 7 nitrogen and oxygen atoms in total. The molecule has 4 rings (SSSR count). The van der Waals surface area contributed by atoms with E-state index in [0.29, 0.717) is 5.56 Å². The van der Waals surface area contributed by atoms with Gasteiger partial charge in [-0.15, -0.1) is 0 Å². The number of sulfonamides is 1. The Bertz CT molecular complexity index is 1320. The standard InChI is InChI=1S/C25H22N2O5S/c1-31-23-13-10-19(14-24(23)33(29,30)27-21-11-12-21)25(28)32-16-17-6-8-18(9-7-17)22-5-3-2-4-20(22)15-26/h2-10,13-14,21,27H,11-12,16H2,1H3. The van der Waals surface area contributed by atoms with Crippen molar-refractivity contribution in [2.24, 2.45) is 0 Å². The van der Waals surface area contributed by atoms with E-state index in [1.54, 1.807) is 6.07 Å². The van der Waals surface area contributed by atoms with Crippen LogP contribution in [0.2, 0.25) is 0 Å². The monoisotopic (exact) mass is 462 g/mol. The SMILES string of the molecule is COc1ccc(C(=O)OCc2ccc(-c3ccccc3C#N)cc2)cc1S(=O)(=O)NC1CC1. The molecule has 3 aromatic carbocycles. The van der Waals surface area contributed by atoms with Gasteiger partial charge in [-0.3, -0.25) is 0 Å². The third-order valence-electron chi connectivity index (χ3n) is 5.27. The van der Waals surface area contributed by atoms with E-state index in [9.17, 15) is 18.5 Å². The van der Waals surface area contributed by atoms with Gasteiger partial charge in [0.2, 0.25) is 10.0 Å². The molecule has 0 heterocycles. The van der Waals surface area contributed by atoms with Crippen molar-refractivity contribution >= 4 is 16.0 Å². The first kappa shape index (κ1) is 22.5. The number of nitrogens with zero attached hydrogens (tertiary/aromatic N) is 1. The summed E-state index contributed by atoms with van der Waals surface area (Å²) in [6.07, 6.45) is 1.59. The van der Waals surface area contributed by atoms with Crippen molar-refractivity contribution in [2.75, 3.05) is 7.11 Å². The Kier molecular flexibility index (Phi) is 6.45. The molecule has 1 aliphatic carbocycles. The second-order valence-electron chi connectivity index (χ2n) is 7.69. The molecule has 0 aliphatic heterocycles. The van der Waals surface area contributed by atoms with E-state index in [1.807, 2.05) is 42.5 Å². The summed E-state index contributed by atoms with van der Waals surface area (Å²) in [6, 6.07) is 21.0. The van der Waals surface area contributed by atoms with Crippen LogP contribution in [0.1, 0.15) is 34.3 Å². The maximum Gasteiger partial charge on any atom is 0.338 e. The summed E-state index contributed by atoms with van der Waals surface area (Å²) in [4.78, 5) is 12.5. The normalized spacial score (nSPS) is 13.2. The Hall–Kier alpha value is -3.67. The molecule has 1 saturated carbocycles. The van der Waals surface area contributed by atoms with Gasteiger partial charge in [0.1, 0.15) is 17.3 Å². The molecule has 0 radical (unpaired) electrons. The number of rotatable bonds is 8. The third kappa shape index (κ3) is 5.22. The molecule has 0 atom stereocenters. The first-order valence-corrected chi connectivity index (χ1v) is 11.9. The van der Waals surface area contributed by atoms with E-state index in [2.05, 4.69) is 10.8 Å². The summed E-state index contributed by atoms with van der Waals surface area (Å²) >= 11 is 0. The number of ether oxygens (including phenoxy) is 2. The van der Waals surface area contributed by atoms with Crippen molar-refractivity contribution < 1.29 is 22.7 Å². The number of methoxy groups -OCH3 is 1. The van der Waals surface area contributed by atoms with Crippen LogP contribution >= 0.6 is 0 Å². The number of esters is 1. The summed E-state index contributed by atoms with van der Waals surface area (Å²) in [5.74, 6) is -0.479. The summed E-state index contributed by atoms with van der Waals surface area (Å²) in [7, 11) is -2.43. The summed E-state index contributed by atoms with van der Waals surface area (Å²) in [5.41, 5.74) is 3.17. The van der Waals surface area contributed by atoms with Gasteiger partial charge in [0, 0.05) is 6.04 Å². The van der Waals surface area contributed by atoms with Gasteiger partial charge in [-0.05, 0) is 53.8 Å². The fourth-order valence-electron chi connectivity index (χ4n) is 3.34. The minimum atomic E-state index is -3.81. The molecular weight excluding hydrogens is 440 g/mol. The van der Waals surface area contributed by atoms with Gasteiger partial charge in [-0.1, -0.05) is 42.5 Å². The van der Waals surface area contributed by atoms with Crippen LogP contribution in [0.5, 0.6) is 5.75 Å². The second-order valence-corrected chi connectivity index (χ2v) is 9.37. The Morgan fingerprint density at radius 2 is 1.82 bits per heavy atom. The van der Waals surface area contributed by atoms with Gasteiger partial charge in [0.15, 0.2) is 0 Å². The number of carbonyl (C=O) groups excluding carboxylic acids is 1. The van der Waals surface area contributed by atoms with Crippen LogP contribution in [-0.2, 0) is 21.4 Å². The average Bonchev–Trinajstić information content (AvgIpc) is 3.65. The molecule has 0 spiro atoms. The molecule has 33 heavy (non-hydrogen) atoms. The number of hydrogen-bond acceptors (Lipinski definition) is 6. The molecule has 168 valence electrons. The van der Waals surface area contributed by atoms with Crippen LogP contribution in [0.25, 0.3) is 11.1 Å². The zero-order valence-corrected chi connectivity index (χ0v) is 18.8. The van der Waals surface area contributed by atoms with E-state index in [1.165, 1.54) is 25.3 Å². The van der Waals surface area contributed by atoms with Gasteiger partial charge in [0.05, 0.1) is 24.3 Å². The molecule has 0 saturated heterocycles. The van der Waals surface area contributed by atoms with Crippen molar-refractivity contribution in [1.29, 1.82) is 5.26 Å². The van der Waals surface area contributed by atoms with Crippen LogP contribution in [0, 0.1) is 11.3 Å². The smallest absolute Gasteiger partial charge is 0.338 e. The first-order chi connectivity index (χ1) is 15.9. The molecule has 0 unspecified atom stereocenters. The summed E-state index contributed by atoms with van der Waals surface area (Å²) in [6.45, 7) is 0.0213. The maximum absolute atomic E-state index is 12.6. The van der Waals surface area contributed by atoms with Gasteiger partial charge < -0.3 is 9.47 Å². The number of nitrogens with one attached hydrogen (secondary N) is 1. The van der Waals surface area contributed by atoms with Crippen molar-refractivity contribution in [1.82, 2.24) is 4.72 Å². The van der Waals surface area contributed by atoms with Crippen LogP contribution in [0.3, 0.4) is 0 Å². The molecule has 0 amide bonds. The van der Waals surface area contributed by atoms with E-state index in [0.717, 1.165) is 29.5 Å². The van der Waals surface area contributed by atoms with E-state index >= 15 is 0 Å². The highest BCUT2D eigenvalue weighted by Crippen LogP contribution is 2.29. The van der Waals surface area contributed by atoms with Crippen LogP contribution < -0.4 is 9.46 Å². The summed E-state index contributed by atoms with van der Waals surface area (Å²) < 4.78 is 38.4. The molecule has 0 aromatic heterocycles. The zero-order chi connectivity index (χ0) is 23.4. The molecule has 1 N–H and O–H groups in total. The molecule has 1 aliphatic rings.